The summed E-state index contributed by atoms with van der Waals surface area (Å²) in [6.07, 6.45) is 8.79. The maximum atomic E-state index is 12.2. The number of aromatic nitrogens is 1. The molecule has 0 radical (unpaired) electrons. The average Bonchev–Trinajstić information content (AvgIpc) is 2.94. The van der Waals surface area contributed by atoms with E-state index in [0.717, 1.165) is 5.56 Å². The molecule has 2 rings (SSSR count). The molecule has 0 spiro atoms. The van der Waals surface area contributed by atoms with Crippen molar-refractivity contribution in [3.05, 3.63) is 46.4 Å². The second-order valence-corrected chi connectivity index (χ2v) is 5.90. The largest absolute Gasteiger partial charge is 0.487 e. The molecule has 0 atom stereocenters. The molecule has 0 aliphatic carbocycles. The molecule has 4 nitrogen and oxygen atoms in total. The third kappa shape index (κ3) is 4.07. The first-order valence-corrected chi connectivity index (χ1v) is 7.29. The molecule has 0 saturated heterocycles. The van der Waals surface area contributed by atoms with Crippen LogP contribution >= 0.6 is 11.3 Å². The van der Waals surface area contributed by atoms with Crippen molar-refractivity contribution in [1.82, 2.24) is 10.3 Å². The van der Waals surface area contributed by atoms with Crippen LogP contribution in [-0.4, -0.2) is 16.4 Å². The highest BCUT2D eigenvalue weighted by atomic mass is 32.1. The maximum Gasteiger partial charge on any atom is 0.266 e. The number of ether oxygens (including phenoxy) is 1. The summed E-state index contributed by atoms with van der Waals surface area (Å²) in [5.74, 6) is 2.87. The maximum absolute atomic E-state index is 12.2. The van der Waals surface area contributed by atoms with Gasteiger partial charge in [-0.25, -0.2) is 0 Å². The highest BCUT2D eigenvalue weighted by Gasteiger charge is 2.21. The average molecular weight is 300 g/mol. The number of nitrogens with zero attached hydrogens (tertiary/aromatic N) is 1. The fraction of sp³-hybridized carbons (Fsp3) is 0.250. The first-order valence-electron chi connectivity index (χ1n) is 6.41. The van der Waals surface area contributed by atoms with E-state index in [1.165, 1.54) is 11.3 Å². The number of amides is 1. The quantitative estimate of drug-likeness (QED) is 0.864. The molecule has 0 unspecified atom stereocenters. The van der Waals surface area contributed by atoms with Crippen LogP contribution in [0, 0.1) is 12.3 Å². The number of terminal acetylenes is 1. The number of carbonyl (C=O) groups is 1. The molecule has 0 aromatic carbocycles. The number of hydrogen-bond acceptors (Lipinski definition) is 4. The number of rotatable bonds is 5. The van der Waals surface area contributed by atoms with Gasteiger partial charge in [0.15, 0.2) is 0 Å². The van der Waals surface area contributed by atoms with E-state index in [4.69, 9.17) is 11.2 Å². The van der Waals surface area contributed by atoms with Crippen molar-refractivity contribution >= 4 is 17.2 Å². The highest BCUT2D eigenvalue weighted by Crippen LogP contribution is 2.26. The van der Waals surface area contributed by atoms with Crippen LogP contribution in [0.15, 0.2) is 36.0 Å². The molecule has 2 heterocycles. The summed E-state index contributed by atoms with van der Waals surface area (Å²) in [5, 5.41) is 4.61. The Morgan fingerprint density at radius 1 is 1.43 bits per heavy atom. The fourth-order valence-corrected chi connectivity index (χ4v) is 2.32. The summed E-state index contributed by atoms with van der Waals surface area (Å²) in [6.45, 7) is 3.93. The van der Waals surface area contributed by atoms with E-state index in [9.17, 15) is 4.79 Å². The molecule has 1 amide bonds. The normalized spacial score (nSPS) is 10.7. The number of pyridine rings is 1. The van der Waals surface area contributed by atoms with Gasteiger partial charge in [0.1, 0.15) is 17.2 Å². The van der Waals surface area contributed by atoms with Gasteiger partial charge in [-0.3, -0.25) is 9.78 Å². The van der Waals surface area contributed by atoms with Crippen molar-refractivity contribution in [2.45, 2.75) is 26.0 Å². The molecule has 0 bridgehead atoms. The van der Waals surface area contributed by atoms with Gasteiger partial charge in [-0.15, -0.1) is 17.8 Å². The fourth-order valence-electron chi connectivity index (χ4n) is 1.59. The van der Waals surface area contributed by atoms with Crippen molar-refractivity contribution in [2.24, 2.45) is 0 Å². The zero-order chi connectivity index (χ0) is 15.3. The summed E-state index contributed by atoms with van der Waals surface area (Å²) in [5.41, 5.74) is 0.301. The summed E-state index contributed by atoms with van der Waals surface area (Å²) < 4.78 is 5.70. The Hall–Kier alpha value is -2.32. The van der Waals surface area contributed by atoms with Crippen LogP contribution in [0.1, 0.15) is 29.1 Å². The molecule has 0 aliphatic heterocycles. The third-order valence-electron chi connectivity index (χ3n) is 2.77. The molecule has 108 valence electrons. The Bertz CT molecular complexity index is 656. The van der Waals surface area contributed by atoms with Crippen molar-refractivity contribution in [2.75, 3.05) is 0 Å². The van der Waals surface area contributed by atoms with E-state index in [1.54, 1.807) is 32.3 Å². The Balaban J connectivity index is 2.05. The lowest BCUT2D eigenvalue weighted by atomic mass is 10.1. The number of nitrogens with one attached hydrogen (secondary N) is 1. The molecule has 0 fully saturated rings. The lowest BCUT2D eigenvalue weighted by Crippen LogP contribution is -2.41. The lowest BCUT2D eigenvalue weighted by molar-refractivity contribution is 0.0930. The monoisotopic (exact) mass is 300 g/mol. The topological polar surface area (TPSA) is 51.2 Å². The first kappa shape index (κ1) is 15.1. The minimum Gasteiger partial charge on any atom is -0.487 e. The predicted molar refractivity (Wildman–Crippen MR) is 83.3 cm³/mol. The first-order chi connectivity index (χ1) is 10.0. The van der Waals surface area contributed by atoms with E-state index in [-0.39, 0.29) is 5.91 Å². The predicted octanol–water partition coefficient (Wildman–Crippen LogP) is 2.86. The van der Waals surface area contributed by atoms with Gasteiger partial charge in [-0.05, 0) is 43.0 Å². The van der Waals surface area contributed by atoms with Crippen LogP contribution in [0.25, 0.3) is 0 Å². The van der Waals surface area contributed by atoms with Gasteiger partial charge < -0.3 is 10.1 Å². The third-order valence-corrected chi connectivity index (χ3v) is 3.66. The molecule has 5 heteroatoms. The Morgan fingerprint density at radius 3 is 2.81 bits per heavy atom. The van der Waals surface area contributed by atoms with Crippen LogP contribution in [0.2, 0.25) is 0 Å². The van der Waals surface area contributed by atoms with Gasteiger partial charge in [0, 0.05) is 12.4 Å². The lowest BCUT2D eigenvalue weighted by Gasteiger charge is -2.19. The Labute approximate surface area is 128 Å². The summed E-state index contributed by atoms with van der Waals surface area (Å²) in [4.78, 5) is 16.7. The van der Waals surface area contributed by atoms with Gasteiger partial charge >= 0.3 is 0 Å². The minimum atomic E-state index is -0.691. The van der Waals surface area contributed by atoms with Crippen LogP contribution in [0.4, 0.5) is 0 Å². The standard InChI is InChI=1S/C16H16N2O2S/c1-4-16(2,3)18-15(19)14-13(7-10-21-14)20-11-12-5-8-17-9-6-12/h1,5-10H,11H2,2-3H3,(H,18,19). The van der Waals surface area contributed by atoms with Crippen LogP contribution in [0.5, 0.6) is 5.75 Å². The molecule has 21 heavy (non-hydrogen) atoms. The van der Waals surface area contributed by atoms with E-state index in [0.29, 0.717) is 17.2 Å². The zero-order valence-corrected chi connectivity index (χ0v) is 12.7. The Morgan fingerprint density at radius 2 is 2.14 bits per heavy atom. The molecule has 1 N–H and O–H groups in total. The van der Waals surface area contributed by atoms with Gasteiger partial charge in [-0.2, -0.15) is 0 Å². The van der Waals surface area contributed by atoms with Gasteiger partial charge in [0.25, 0.3) is 5.91 Å². The van der Waals surface area contributed by atoms with Gasteiger partial charge in [-0.1, -0.05) is 5.92 Å². The molecule has 2 aromatic heterocycles. The second-order valence-electron chi connectivity index (χ2n) is 4.98. The van der Waals surface area contributed by atoms with Crippen LogP contribution in [-0.2, 0) is 6.61 Å². The Kier molecular flexibility index (Phi) is 4.61. The smallest absolute Gasteiger partial charge is 0.266 e. The minimum absolute atomic E-state index is 0.224. The van der Waals surface area contributed by atoms with E-state index in [2.05, 4.69) is 16.2 Å². The van der Waals surface area contributed by atoms with Gasteiger partial charge in [0.2, 0.25) is 0 Å². The number of thiophene rings is 1. The van der Waals surface area contributed by atoms with Crippen molar-refractivity contribution in [3.8, 4) is 18.1 Å². The van der Waals surface area contributed by atoms with Crippen molar-refractivity contribution < 1.29 is 9.53 Å². The van der Waals surface area contributed by atoms with E-state index in [1.807, 2.05) is 17.5 Å². The van der Waals surface area contributed by atoms with Crippen molar-refractivity contribution in [3.63, 3.8) is 0 Å². The van der Waals surface area contributed by atoms with Crippen molar-refractivity contribution in [1.29, 1.82) is 0 Å². The number of carbonyl (C=O) groups excluding carboxylic acids is 1. The summed E-state index contributed by atoms with van der Waals surface area (Å²) in [6, 6.07) is 5.52. The number of hydrogen-bond donors (Lipinski definition) is 1. The molecule has 0 aliphatic rings. The van der Waals surface area contributed by atoms with Crippen LogP contribution < -0.4 is 10.1 Å². The molecule has 2 aromatic rings. The summed E-state index contributed by atoms with van der Waals surface area (Å²) >= 11 is 1.33. The highest BCUT2D eigenvalue weighted by molar-refractivity contribution is 7.12. The summed E-state index contributed by atoms with van der Waals surface area (Å²) in [7, 11) is 0. The van der Waals surface area contributed by atoms with Crippen LogP contribution in [0.3, 0.4) is 0 Å². The van der Waals surface area contributed by atoms with E-state index >= 15 is 0 Å². The second kappa shape index (κ2) is 6.42. The molecular formula is C16H16N2O2S. The molecule has 0 saturated carbocycles. The zero-order valence-electron chi connectivity index (χ0n) is 11.9. The molecular weight excluding hydrogens is 284 g/mol. The van der Waals surface area contributed by atoms with Gasteiger partial charge in [0.05, 0.1) is 5.54 Å². The van der Waals surface area contributed by atoms with E-state index < -0.39 is 5.54 Å². The SMILES string of the molecule is C#CC(C)(C)NC(=O)c1sccc1OCc1ccncc1.